The van der Waals surface area contributed by atoms with Gasteiger partial charge in [-0.05, 0) is 25.1 Å². The second-order valence-corrected chi connectivity index (χ2v) is 3.51. The van der Waals surface area contributed by atoms with Gasteiger partial charge in [0, 0.05) is 11.1 Å². The molecule has 17 heavy (non-hydrogen) atoms. The Morgan fingerprint density at radius 1 is 1.41 bits per heavy atom. The van der Waals surface area contributed by atoms with Gasteiger partial charge in [0.05, 0.1) is 13.5 Å². The lowest BCUT2D eigenvalue weighted by Crippen LogP contribution is -1.95. The van der Waals surface area contributed by atoms with E-state index in [2.05, 4.69) is 0 Å². The minimum atomic E-state index is -0.900. The largest absolute Gasteiger partial charge is 0.496 e. The molecule has 4 heteroatoms. The summed E-state index contributed by atoms with van der Waals surface area (Å²) in [6.07, 6.45) is 3.09. The predicted molar refractivity (Wildman–Crippen MR) is 64.3 cm³/mol. The van der Waals surface area contributed by atoms with E-state index in [4.69, 9.17) is 9.84 Å². The van der Waals surface area contributed by atoms with Crippen molar-refractivity contribution in [2.24, 2.45) is 0 Å². The summed E-state index contributed by atoms with van der Waals surface area (Å²) < 4.78 is 5.13. The Kier molecular flexibility index (Phi) is 4.46. The van der Waals surface area contributed by atoms with Gasteiger partial charge in [-0.1, -0.05) is 12.2 Å². The fourth-order valence-corrected chi connectivity index (χ4v) is 1.37. The molecule has 0 radical (unpaired) electrons. The first kappa shape index (κ1) is 13.0. The fraction of sp³-hybridized carbons (Fsp3) is 0.231. The Bertz CT molecular complexity index is 460. The summed E-state index contributed by atoms with van der Waals surface area (Å²) in [6.45, 7) is 1.48. The number of carboxylic acid groups (broad SMARTS) is 1. The first-order valence-corrected chi connectivity index (χ1v) is 5.12. The van der Waals surface area contributed by atoms with Gasteiger partial charge >= 0.3 is 5.97 Å². The van der Waals surface area contributed by atoms with E-state index in [9.17, 15) is 9.59 Å². The molecule has 0 saturated carbocycles. The van der Waals surface area contributed by atoms with E-state index in [1.807, 2.05) is 0 Å². The zero-order chi connectivity index (χ0) is 12.8. The van der Waals surface area contributed by atoms with Gasteiger partial charge in [0.1, 0.15) is 5.75 Å². The van der Waals surface area contributed by atoms with Gasteiger partial charge in [0.15, 0.2) is 5.78 Å². The Balaban J connectivity index is 3.01. The first-order chi connectivity index (χ1) is 8.04. The summed E-state index contributed by atoms with van der Waals surface area (Å²) >= 11 is 0. The highest BCUT2D eigenvalue weighted by atomic mass is 16.5. The fourth-order valence-electron chi connectivity index (χ4n) is 1.37. The topological polar surface area (TPSA) is 63.6 Å². The molecule has 4 nitrogen and oxygen atoms in total. The maximum absolute atomic E-state index is 11.2. The van der Waals surface area contributed by atoms with Crippen molar-refractivity contribution in [3.63, 3.8) is 0 Å². The number of hydrogen-bond acceptors (Lipinski definition) is 3. The van der Waals surface area contributed by atoms with Crippen LogP contribution in [0.2, 0.25) is 0 Å². The molecule has 1 aromatic carbocycles. The minimum absolute atomic E-state index is 0.0412. The van der Waals surface area contributed by atoms with Crippen molar-refractivity contribution in [3.8, 4) is 5.75 Å². The van der Waals surface area contributed by atoms with Crippen LogP contribution in [0.3, 0.4) is 0 Å². The second kappa shape index (κ2) is 5.84. The van der Waals surface area contributed by atoms with Crippen LogP contribution >= 0.6 is 0 Å². The first-order valence-electron chi connectivity index (χ1n) is 5.12. The molecule has 0 aromatic heterocycles. The molecular weight excluding hydrogens is 220 g/mol. The number of carbonyl (C=O) groups is 2. The zero-order valence-electron chi connectivity index (χ0n) is 9.77. The number of hydrogen-bond donors (Lipinski definition) is 1. The molecule has 1 N–H and O–H groups in total. The van der Waals surface area contributed by atoms with Gasteiger partial charge in [-0.15, -0.1) is 0 Å². The van der Waals surface area contributed by atoms with Crippen molar-refractivity contribution < 1.29 is 19.4 Å². The van der Waals surface area contributed by atoms with E-state index >= 15 is 0 Å². The van der Waals surface area contributed by atoms with E-state index < -0.39 is 5.97 Å². The van der Waals surface area contributed by atoms with E-state index in [1.165, 1.54) is 20.1 Å². The van der Waals surface area contributed by atoms with Crippen molar-refractivity contribution in [2.75, 3.05) is 7.11 Å². The molecule has 0 spiro atoms. The molecule has 0 aliphatic rings. The van der Waals surface area contributed by atoms with Gasteiger partial charge < -0.3 is 9.84 Å². The van der Waals surface area contributed by atoms with E-state index in [0.29, 0.717) is 16.9 Å². The van der Waals surface area contributed by atoms with Crippen LogP contribution in [0.4, 0.5) is 0 Å². The van der Waals surface area contributed by atoms with Gasteiger partial charge in [0.25, 0.3) is 0 Å². The quantitative estimate of drug-likeness (QED) is 0.794. The number of ketones is 1. The van der Waals surface area contributed by atoms with Crippen LogP contribution in [0.5, 0.6) is 5.75 Å². The number of methoxy groups -OCH3 is 1. The summed E-state index contributed by atoms with van der Waals surface area (Å²) in [7, 11) is 1.53. The SMILES string of the molecule is COc1ccc(C(C)=O)cc1C=CCC(=O)O. The van der Waals surface area contributed by atoms with Crippen molar-refractivity contribution in [3.05, 3.63) is 35.4 Å². The highest BCUT2D eigenvalue weighted by Crippen LogP contribution is 2.21. The average molecular weight is 234 g/mol. The molecule has 1 aromatic rings. The lowest BCUT2D eigenvalue weighted by Gasteiger charge is -2.06. The normalized spacial score (nSPS) is 10.5. The molecule has 0 fully saturated rings. The molecule has 0 atom stereocenters. The predicted octanol–water partition coefficient (Wildman–Crippen LogP) is 2.39. The van der Waals surface area contributed by atoms with Crippen LogP contribution in [0.25, 0.3) is 6.08 Å². The highest BCUT2D eigenvalue weighted by molar-refractivity contribution is 5.95. The molecule has 1 rings (SSSR count). The van der Waals surface area contributed by atoms with Crippen LogP contribution in [-0.4, -0.2) is 24.0 Å². The van der Waals surface area contributed by atoms with E-state index in [1.54, 1.807) is 24.3 Å². The lowest BCUT2D eigenvalue weighted by atomic mass is 10.1. The third-order valence-corrected chi connectivity index (χ3v) is 2.23. The van der Waals surface area contributed by atoms with Crippen LogP contribution in [0.15, 0.2) is 24.3 Å². The van der Waals surface area contributed by atoms with E-state index in [0.717, 1.165) is 0 Å². The van der Waals surface area contributed by atoms with Crippen LogP contribution in [-0.2, 0) is 4.79 Å². The average Bonchev–Trinajstić information content (AvgIpc) is 2.28. The molecular formula is C13H14O4. The van der Waals surface area contributed by atoms with E-state index in [-0.39, 0.29) is 12.2 Å². The van der Waals surface area contributed by atoms with Gasteiger partial charge in [0.2, 0.25) is 0 Å². The number of ether oxygens (including phenoxy) is 1. The third-order valence-electron chi connectivity index (χ3n) is 2.23. The number of rotatable bonds is 5. The maximum Gasteiger partial charge on any atom is 0.307 e. The summed E-state index contributed by atoms with van der Waals surface area (Å²) in [6, 6.07) is 5.05. The molecule has 90 valence electrons. The maximum atomic E-state index is 11.2. The third kappa shape index (κ3) is 3.75. The summed E-state index contributed by atoms with van der Waals surface area (Å²) in [5.41, 5.74) is 1.27. The standard InChI is InChI=1S/C13H14O4/c1-9(14)10-6-7-12(17-2)11(8-10)4-3-5-13(15)16/h3-4,6-8H,5H2,1-2H3,(H,15,16). The number of Topliss-reactive ketones (excluding diaryl/α,β-unsaturated/α-hetero) is 1. The molecule has 0 saturated heterocycles. The van der Waals surface area contributed by atoms with Crippen LogP contribution < -0.4 is 4.74 Å². The number of carboxylic acids is 1. The minimum Gasteiger partial charge on any atom is -0.496 e. The van der Waals surface area contributed by atoms with Crippen molar-refractivity contribution in [1.82, 2.24) is 0 Å². The molecule has 0 bridgehead atoms. The zero-order valence-corrected chi connectivity index (χ0v) is 9.77. The van der Waals surface area contributed by atoms with Crippen LogP contribution in [0.1, 0.15) is 29.3 Å². The van der Waals surface area contributed by atoms with Gasteiger partial charge in [-0.25, -0.2) is 0 Å². The Labute approximate surface area is 99.5 Å². The summed E-state index contributed by atoms with van der Waals surface area (Å²) in [4.78, 5) is 21.6. The van der Waals surface area contributed by atoms with Gasteiger partial charge in [-0.2, -0.15) is 0 Å². The molecule has 0 unspecified atom stereocenters. The summed E-state index contributed by atoms with van der Waals surface area (Å²) in [5.74, 6) is -0.333. The van der Waals surface area contributed by atoms with Crippen molar-refractivity contribution in [1.29, 1.82) is 0 Å². The molecule has 0 aliphatic heterocycles. The van der Waals surface area contributed by atoms with Crippen LogP contribution in [0, 0.1) is 0 Å². The van der Waals surface area contributed by atoms with Gasteiger partial charge in [-0.3, -0.25) is 9.59 Å². The second-order valence-electron chi connectivity index (χ2n) is 3.51. The monoisotopic (exact) mass is 234 g/mol. The smallest absolute Gasteiger partial charge is 0.307 e. The van der Waals surface area contributed by atoms with Crippen molar-refractivity contribution in [2.45, 2.75) is 13.3 Å². The lowest BCUT2D eigenvalue weighted by molar-refractivity contribution is -0.135. The summed E-state index contributed by atoms with van der Waals surface area (Å²) in [5, 5.41) is 8.52. The number of carbonyl (C=O) groups excluding carboxylic acids is 1. The van der Waals surface area contributed by atoms with Crippen molar-refractivity contribution >= 4 is 17.8 Å². The molecule has 0 heterocycles. The Morgan fingerprint density at radius 2 is 2.12 bits per heavy atom. The Morgan fingerprint density at radius 3 is 2.65 bits per heavy atom. The highest BCUT2D eigenvalue weighted by Gasteiger charge is 2.04. The molecule has 0 aliphatic carbocycles. The molecule has 0 amide bonds. The Hall–Kier alpha value is -2.10. The number of aliphatic carboxylic acids is 1. The number of benzene rings is 1.